The minimum Gasteiger partial charge on any atom is -0.381 e. The Bertz CT molecular complexity index is 433. The van der Waals surface area contributed by atoms with Crippen molar-refractivity contribution in [3.63, 3.8) is 0 Å². The van der Waals surface area contributed by atoms with Crippen LogP contribution in [-0.2, 0) is 24.6 Å². The van der Waals surface area contributed by atoms with Crippen LogP contribution in [0.2, 0.25) is 0 Å². The van der Waals surface area contributed by atoms with E-state index < -0.39 is 0 Å². The molecule has 21 heavy (non-hydrogen) atoms. The quantitative estimate of drug-likeness (QED) is 0.840. The number of aromatic nitrogens is 2. The highest BCUT2D eigenvalue weighted by atomic mass is 16.5. The Morgan fingerprint density at radius 2 is 2.29 bits per heavy atom. The van der Waals surface area contributed by atoms with Crippen molar-refractivity contribution in [1.82, 2.24) is 15.1 Å². The van der Waals surface area contributed by atoms with Gasteiger partial charge >= 0.3 is 0 Å². The number of rotatable bonds is 7. The van der Waals surface area contributed by atoms with E-state index in [2.05, 4.69) is 49.0 Å². The van der Waals surface area contributed by atoms with Gasteiger partial charge in [0.25, 0.3) is 0 Å². The third-order valence-electron chi connectivity index (χ3n) is 4.40. The molecule has 2 heterocycles. The van der Waals surface area contributed by atoms with Gasteiger partial charge in [-0.05, 0) is 44.2 Å². The topological polar surface area (TPSA) is 39.1 Å². The Balaban J connectivity index is 2.05. The summed E-state index contributed by atoms with van der Waals surface area (Å²) in [5, 5.41) is 8.24. The third-order valence-corrected chi connectivity index (χ3v) is 4.40. The normalized spacial score (nSPS) is 22.9. The monoisotopic (exact) mass is 293 g/mol. The van der Waals surface area contributed by atoms with Gasteiger partial charge in [-0.15, -0.1) is 0 Å². The molecule has 0 aromatic carbocycles. The highest BCUT2D eigenvalue weighted by Crippen LogP contribution is 2.32. The molecule has 1 fully saturated rings. The van der Waals surface area contributed by atoms with Crippen LogP contribution in [0.3, 0.4) is 0 Å². The lowest BCUT2D eigenvalue weighted by molar-refractivity contribution is -0.00828. The van der Waals surface area contributed by atoms with Gasteiger partial charge in [0.2, 0.25) is 0 Å². The molecule has 2 rings (SSSR count). The first kappa shape index (κ1) is 16.5. The van der Waals surface area contributed by atoms with Crippen LogP contribution in [0.1, 0.15) is 45.0 Å². The van der Waals surface area contributed by atoms with Gasteiger partial charge in [-0.25, -0.2) is 0 Å². The minimum absolute atomic E-state index is 0.228. The van der Waals surface area contributed by atoms with Gasteiger partial charge in [0, 0.05) is 31.3 Å². The lowest BCUT2D eigenvalue weighted by atomic mass is 9.78. The van der Waals surface area contributed by atoms with Gasteiger partial charge in [0.15, 0.2) is 0 Å². The van der Waals surface area contributed by atoms with E-state index in [0.717, 1.165) is 39.1 Å². The van der Waals surface area contributed by atoms with Crippen LogP contribution < -0.4 is 5.32 Å². The number of hydrogen-bond acceptors (Lipinski definition) is 3. The van der Waals surface area contributed by atoms with Crippen molar-refractivity contribution in [1.29, 1.82) is 0 Å². The zero-order valence-corrected chi connectivity index (χ0v) is 14.1. The molecule has 1 unspecified atom stereocenters. The first-order chi connectivity index (χ1) is 10.0. The SMILES string of the molecule is CCc1cc(CC2(CNCC(C)C)CCCOC2)n(C)n1. The van der Waals surface area contributed by atoms with Crippen LogP contribution in [0.15, 0.2) is 6.07 Å². The highest BCUT2D eigenvalue weighted by Gasteiger charge is 2.34. The van der Waals surface area contributed by atoms with Gasteiger partial charge in [-0.1, -0.05) is 20.8 Å². The maximum atomic E-state index is 5.82. The Kier molecular flexibility index (Phi) is 5.82. The fraction of sp³-hybridized carbons (Fsp3) is 0.824. The van der Waals surface area contributed by atoms with Gasteiger partial charge in [0.05, 0.1) is 12.3 Å². The smallest absolute Gasteiger partial charge is 0.0624 e. The van der Waals surface area contributed by atoms with Crippen LogP contribution >= 0.6 is 0 Å². The van der Waals surface area contributed by atoms with E-state index in [4.69, 9.17) is 4.74 Å². The number of nitrogens with zero attached hydrogens (tertiary/aromatic N) is 2. The summed E-state index contributed by atoms with van der Waals surface area (Å²) in [7, 11) is 2.06. The van der Waals surface area contributed by atoms with E-state index in [1.54, 1.807) is 0 Å². The molecule has 0 aliphatic carbocycles. The van der Waals surface area contributed by atoms with Crippen LogP contribution in [0.4, 0.5) is 0 Å². The molecular weight excluding hydrogens is 262 g/mol. The molecule has 1 saturated heterocycles. The average Bonchev–Trinajstić information content (AvgIpc) is 2.80. The van der Waals surface area contributed by atoms with E-state index in [1.807, 2.05) is 0 Å². The van der Waals surface area contributed by atoms with Gasteiger partial charge in [-0.2, -0.15) is 5.10 Å². The Hall–Kier alpha value is -0.870. The summed E-state index contributed by atoms with van der Waals surface area (Å²) in [4.78, 5) is 0. The highest BCUT2D eigenvalue weighted by molar-refractivity contribution is 5.13. The molecule has 0 radical (unpaired) electrons. The number of hydrogen-bond donors (Lipinski definition) is 1. The lowest BCUT2D eigenvalue weighted by Gasteiger charge is -2.37. The summed E-state index contributed by atoms with van der Waals surface area (Å²) in [6.45, 7) is 10.6. The third kappa shape index (κ3) is 4.55. The summed E-state index contributed by atoms with van der Waals surface area (Å²) < 4.78 is 7.87. The molecule has 0 saturated carbocycles. The molecule has 1 aliphatic rings. The van der Waals surface area contributed by atoms with Crippen molar-refractivity contribution >= 4 is 0 Å². The van der Waals surface area contributed by atoms with Crippen molar-refractivity contribution in [3.8, 4) is 0 Å². The summed E-state index contributed by atoms with van der Waals surface area (Å²) in [5.41, 5.74) is 2.75. The van der Waals surface area contributed by atoms with Crippen molar-refractivity contribution in [2.24, 2.45) is 18.4 Å². The lowest BCUT2D eigenvalue weighted by Crippen LogP contribution is -2.43. The maximum absolute atomic E-state index is 5.82. The van der Waals surface area contributed by atoms with Crippen LogP contribution in [0, 0.1) is 11.3 Å². The summed E-state index contributed by atoms with van der Waals surface area (Å²) in [5.74, 6) is 0.690. The van der Waals surface area contributed by atoms with Crippen molar-refractivity contribution in [2.45, 2.75) is 46.5 Å². The fourth-order valence-corrected chi connectivity index (χ4v) is 3.17. The predicted molar refractivity (Wildman–Crippen MR) is 86.5 cm³/mol. The van der Waals surface area contributed by atoms with Crippen LogP contribution in [-0.4, -0.2) is 36.1 Å². The largest absolute Gasteiger partial charge is 0.381 e. The second-order valence-corrected chi connectivity index (χ2v) is 6.96. The van der Waals surface area contributed by atoms with E-state index >= 15 is 0 Å². The Morgan fingerprint density at radius 1 is 1.48 bits per heavy atom. The fourth-order valence-electron chi connectivity index (χ4n) is 3.17. The molecular formula is C17H31N3O. The number of aryl methyl sites for hydroxylation is 2. The Labute approximate surface area is 129 Å². The number of ether oxygens (including phenoxy) is 1. The second kappa shape index (κ2) is 7.41. The molecule has 1 N–H and O–H groups in total. The van der Waals surface area contributed by atoms with E-state index in [9.17, 15) is 0 Å². The first-order valence-corrected chi connectivity index (χ1v) is 8.35. The van der Waals surface area contributed by atoms with E-state index in [-0.39, 0.29) is 5.41 Å². The van der Waals surface area contributed by atoms with Crippen molar-refractivity contribution < 1.29 is 4.74 Å². The molecule has 120 valence electrons. The summed E-state index contributed by atoms with van der Waals surface area (Å²) >= 11 is 0. The zero-order chi connectivity index (χ0) is 15.3. The van der Waals surface area contributed by atoms with Crippen molar-refractivity contribution in [3.05, 3.63) is 17.5 Å². The molecule has 1 aromatic rings. The minimum atomic E-state index is 0.228. The van der Waals surface area contributed by atoms with Gasteiger partial charge < -0.3 is 10.1 Å². The standard InChI is InChI=1S/C17H31N3O/c1-5-15-9-16(20(4)19-15)10-17(7-6-8-21-13-17)12-18-11-14(2)3/h9,14,18H,5-8,10-13H2,1-4H3. The van der Waals surface area contributed by atoms with Crippen LogP contribution in [0.25, 0.3) is 0 Å². The molecule has 4 heteroatoms. The van der Waals surface area contributed by atoms with Gasteiger partial charge in [-0.3, -0.25) is 4.68 Å². The molecule has 1 atom stereocenters. The molecule has 4 nitrogen and oxygen atoms in total. The molecule has 0 amide bonds. The van der Waals surface area contributed by atoms with Crippen molar-refractivity contribution in [2.75, 3.05) is 26.3 Å². The van der Waals surface area contributed by atoms with Gasteiger partial charge in [0.1, 0.15) is 0 Å². The van der Waals surface area contributed by atoms with E-state index in [1.165, 1.54) is 24.2 Å². The molecule has 1 aliphatic heterocycles. The number of nitrogens with one attached hydrogen (secondary N) is 1. The average molecular weight is 293 g/mol. The molecule has 0 spiro atoms. The summed E-state index contributed by atoms with van der Waals surface area (Å²) in [6, 6.07) is 2.26. The maximum Gasteiger partial charge on any atom is 0.0624 e. The summed E-state index contributed by atoms with van der Waals surface area (Å²) in [6.07, 6.45) is 4.47. The van der Waals surface area contributed by atoms with Crippen LogP contribution in [0.5, 0.6) is 0 Å². The first-order valence-electron chi connectivity index (χ1n) is 8.35. The predicted octanol–water partition coefficient (Wildman–Crippen LogP) is 2.57. The Morgan fingerprint density at radius 3 is 2.86 bits per heavy atom. The molecule has 0 bridgehead atoms. The van der Waals surface area contributed by atoms with E-state index in [0.29, 0.717) is 5.92 Å². The molecule has 1 aromatic heterocycles. The zero-order valence-electron chi connectivity index (χ0n) is 14.1. The second-order valence-electron chi connectivity index (χ2n) is 6.96.